The molecule has 184 valence electrons. The minimum absolute atomic E-state index is 0.000186. The number of halogens is 5. The van der Waals surface area contributed by atoms with E-state index in [1.54, 1.807) is 0 Å². The quantitative estimate of drug-likeness (QED) is 0.289. The van der Waals surface area contributed by atoms with E-state index < -0.39 is 23.7 Å². The minimum atomic E-state index is -4.92. The molecule has 0 atom stereocenters. The number of nitrogens with zero attached hydrogens (tertiary/aromatic N) is 5. The van der Waals surface area contributed by atoms with E-state index >= 15 is 0 Å². The summed E-state index contributed by atoms with van der Waals surface area (Å²) in [7, 11) is 1.32. The smallest absolute Gasteiger partial charge is 0.497 e. The lowest BCUT2D eigenvalue weighted by Crippen LogP contribution is -2.17. The average Bonchev–Trinajstić information content (AvgIpc) is 3.46. The van der Waals surface area contributed by atoms with Gasteiger partial charge in [-0.2, -0.15) is 5.10 Å². The van der Waals surface area contributed by atoms with Gasteiger partial charge < -0.3 is 14.0 Å². The Bertz CT molecular complexity index is 1510. The van der Waals surface area contributed by atoms with Gasteiger partial charge in [0.25, 0.3) is 0 Å². The van der Waals surface area contributed by atoms with Crippen molar-refractivity contribution in [2.75, 3.05) is 7.11 Å². The number of benzene rings is 2. The van der Waals surface area contributed by atoms with Crippen LogP contribution in [0, 0.1) is 11.6 Å². The Morgan fingerprint density at radius 2 is 1.78 bits per heavy atom. The fourth-order valence-corrected chi connectivity index (χ4v) is 3.47. The Kier molecular flexibility index (Phi) is 5.74. The van der Waals surface area contributed by atoms with Gasteiger partial charge in [0, 0.05) is 17.7 Å². The van der Waals surface area contributed by atoms with Crippen LogP contribution >= 0.6 is 0 Å². The maximum absolute atomic E-state index is 14.1. The van der Waals surface area contributed by atoms with E-state index in [0.29, 0.717) is 11.4 Å². The van der Waals surface area contributed by atoms with Gasteiger partial charge in [0.2, 0.25) is 0 Å². The van der Waals surface area contributed by atoms with Gasteiger partial charge in [0.15, 0.2) is 23.2 Å². The second-order valence-corrected chi connectivity index (χ2v) is 7.48. The molecular formula is C23H14F5N5O3. The first-order valence-corrected chi connectivity index (χ1v) is 10.2. The van der Waals surface area contributed by atoms with Gasteiger partial charge in [-0.05, 0) is 24.3 Å². The molecule has 0 spiro atoms. The van der Waals surface area contributed by atoms with Gasteiger partial charge in [-0.15, -0.1) is 13.2 Å². The van der Waals surface area contributed by atoms with Crippen LogP contribution < -0.4 is 9.47 Å². The summed E-state index contributed by atoms with van der Waals surface area (Å²) >= 11 is 0. The summed E-state index contributed by atoms with van der Waals surface area (Å²) in [4.78, 5) is 8.43. The molecule has 0 saturated heterocycles. The lowest BCUT2D eigenvalue weighted by Gasteiger charge is -2.13. The Balaban J connectivity index is 1.41. The number of imidazole rings is 1. The fourth-order valence-electron chi connectivity index (χ4n) is 3.47. The van der Waals surface area contributed by atoms with Crippen molar-refractivity contribution in [2.24, 2.45) is 0 Å². The first kappa shape index (κ1) is 23.2. The molecule has 3 aromatic rings. The van der Waals surface area contributed by atoms with Gasteiger partial charge >= 0.3 is 6.36 Å². The van der Waals surface area contributed by atoms with Crippen LogP contribution in [-0.4, -0.2) is 38.4 Å². The van der Waals surface area contributed by atoms with Gasteiger partial charge in [-0.1, -0.05) is 11.2 Å². The van der Waals surface area contributed by atoms with Gasteiger partial charge in [-0.25, -0.2) is 18.7 Å². The predicted octanol–water partition coefficient (Wildman–Crippen LogP) is 5.33. The molecule has 0 saturated carbocycles. The molecule has 0 bridgehead atoms. The van der Waals surface area contributed by atoms with Crippen molar-refractivity contribution >= 4 is 0 Å². The molecular weight excluding hydrogens is 489 g/mol. The van der Waals surface area contributed by atoms with Crippen molar-refractivity contribution in [3.05, 3.63) is 72.3 Å². The zero-order valence-electron chi connectivity index (χ0n) is 18.3. The van der Waals surface area contributed by atoms with Crippen molar-refractivity contribution in [1.82, 2.24) is 24.9 Å². The molecule has 2 aliphatic rings. The Hall–Kier alpha value is -4.55. The molecule has 13 heteroatoms. The highest BCUT2D eigenvalue weighted by Gasteiger charge is 2.33. The zero-order valence-corrected chi connectivity index (χ0v) is 18.3. The second-order valence-electron chi connectivity index (χ2n) is 7.48. The highest BCUT2D eigenvalue weighted by Crippen LogP contribution is 2.36. The molecule has 0 amide bonds. The van der Waals surface area contributed by atoms with Crippen molar-refractivity contribution in [3.8, 4) is 45.5 Å². The minimum Gasteiger partial charge on any atom is -0.497 e. The number of hydrogen-bond donors (Lipinski definition) is 0. The predicted molar refractivity (Wildman–Crippen MR) is 114 cm³/mol. The number of methoxy groups -OCH3 is 1. The summed E-state index contributed by atoms with van der Waals surface area (Å²) in [6.45, 7) is 0.0467. The molecule has 0 fully saturated rings. The van der Waals surface area contributed by atoms with Crippen LogP contribution in [-0.2, 0) is 6.54 Å². The third-order valence-corrected chi connectivity index (χ3v) is 5.07. The molecule has 3 heterocycles. The summed E-state index contributed by atoms with van der Waals surface area (Å²) in [6, 6.07) is 9.06. The normalized spacial score (nSPS) is 11.7. The topological polar surface area (TPSA) is 88.1 Å². The van der Waals surface area contributed by atoms with Crippen LogP contribution in [0.2, 0.25) is 0 Å². The van der Waals surface area contributed by atoms with Gasteiger partial charge in [0.1, 0.15) is 35.1 Å². The van der Waals surface area contributed by atoms with E-state index in [2.05, 4.69) is 25.0 Å². The maximum Gasteiger partial charge on any atom is 0.573 e. The summed E-state index contributed by atoms with van der Waals surface area (Å²) in [5.74, 6) is -2.14. The Morgan fingerprint density at radius 3 is 2.56 bits per heavy atom. The molecule has 1 aromatic heterocycles. The number of hydrogen-bond acceptors (Lipinski definition) is 7. The Morgan fingerprint density at radius 1 is 0.972 bits per heavy atom. The van der Waals surface area contributed by atoms with Gasteiger partial charge in [0.05, 0.1) is 25.1 Å². The van der Waals surface area contributed by atoms with Crippen LogP contribution in [0.3, 0.4) is 0 Å². The number of alkyl halides is 3. The summed E-state index contributed by atoms with van der Waals surface area (Å²) in [6.07, 6.45) is -2.02. The van der Waals surface area contributed by atoms with Crippen LogP contribution in [0.25, 0.3) is 34.0 Å². The van der Waals surface area contributed by atoms with Crippen LogP contribution in [0.1, 0.15) is 5.76 Å². The number of aromatic nitrogens is 5. The van der Waals surface area contributed by atoms with Crippen molar-refractivity contribution in [2.45, 2.75) is 12.9 Å². The van der Waals surface area contributed by atoms with E-state index in [9.17, 15) is 22.0 Å². The maximum atomic E-state index is 14.1. The summed E-state index contributed by atoms with van der Waals surface area (Å²) in [5.41, 5.74) is 0.773. The molecule has 0 N–H and O–H groups in total. The lowest BCUT2D eigenvalue weighted by molar-refractivity contribution is -0.274. The summed E-state index contributed by atoms with van der Waals surface area (Å²) < 4.78 is 82.1. The van der Waals surface area contributed by atoms with Crippen molar-refractivity contribution in [1.29, 1.82) is 0 Å². The first-order valence-electron chi connectivity index (χ1n) is 10.2. The molecule has 0 unspecified atom stereocenters. The molecule has 0 aliphatic carbocycles. The van der Waals surface area contributed by atoms with E-state index in [-0.39, 0.29) is 40.7 Å². The molecule has 8 nitrogen and oxygen atoms in total. The molecule has 5 rings (SSSR count). The first-order chi connectivity index (χ1) is 17.2. The highest BCUT2D eigenvalue weighted by molar-refractivity contribution is 5.68. The average molecular weight is 503 g/mol. The highest BCUT2D eigenvalue weighted by atomic mass is 19.4. The molecule has 2 aromatic carbocycles. The molecule has 2 aliphatic heterocycles. The largest absolute Gasteiger partial charge is 0.573 e. The van der Waals surface area contributed by atoms with Gasteiger partial charge in [-0.3, -0.25) is 4.68 Å². The summed E-state index contributed by atoms with van der Waals surface area (Å²) in [5, 5.41) is 8.03. The van der Waals surface area contributed by atoms with Crippen molar-refractivity contribution < 1.29 is 35.9 Å². The molecule has 36 heavy (non-hydrogen) atoms. The number of ether oxygens (including phenoxy) is 2. The van der Waals surface area contributed by atoms with E-state index in [0.717, 1.165) is 12.1 Å². The monoisotopic (exact) mass is 503 g/mol. The third-order valence-electron chi connectivity index (χ3n) is 5.07. The van der Waals surface area contributed by atoms with Crippen LogP contribution in [0.4, 0.5) is 22.0 Å². The van der Waals surface area contributed by atoms with Crippen molar-refractivity contribution in [3.63, 3.8) is 0 Å². The Labute approximate surface area is 199 Å². The van der Waals surface area contributed by atoms with E-state index in [1.807, 2.05) is 0 Å². The van der Waals surface area contributed by atoms with Crippen LogP contribution in [0.15, 0.2) is 59.4 Å². The third kappa shape index (κ3) is 4.67. The number of fused-ring (bicyclic) bond motifs is 1. The van der Waals surface area contributed by atoms with Crippen LogP contribution in [0.5, 0.6) is 11.5 Å². The fraction of sp³-hybridized carbons (Fsp3) is 0.130. The van der Waals surface area contributed by atoms with E-state index in [4.69, 9.17) is 9.26 Å². The second kappa shape index (κ2) is 8.91. The van der Waals surface area contributed by atoms with E-state index in [1.165, 1.54) is 54.5 Å². The zero-order chi connectivity index (χ0) is 25.4. The standard InChI is InChI=1S/C23H14F5N5O3/c1-34-12-5-6-14(20(8-12)35-23(26,27)28)17-7-13(36-32-17)10-33-11-19-18(9-29-33)30-22(31-19)15-3-2-4-16(24)21(15)25/h2-9,11H,10H2,1H3. The number of rotatable bonds is 6. The SMILES string of the molecule is COc1ccc(-c2cc(Cn3cc4nc(-c5cccc(F)c5F)nc-4cn3)on2)c(OC(F)(F)F)c1. The molecule has 0 radical (unpaired) electrons. The lowest BCUT2D eigenvalue weighted by atomic mass is 10.1.